The van der Waals surface area contributed by atoms with Gasteiger partial charge in [0.05, 0.1) is 24.9 Å². The number of methoxy groups -OCH3 is 1. The summed E-state index contributed by atoms with van der Waals surface area (Å²) in [7, 11) is 4.39. The van der Waals surface area contributed by atoms with Crippen LogP contribution in [0, 0.1) is 5.92 Å². The Morgan fingerprint density at radius 1 is 1.12 bits per heavy atom. The number of fused-ring (bicyclic) bond motifs is 1. The molecular weight excluding hydrogens is 542 g/mol. The largest absolute Gasteiger partial charge is 0.464 e. The number of allylic oxidation sites excluding steroid dienone is 1. The summed E-state index contributed by atoms with van der Waals surface area (Å²) in [6, 6.07) is 9.30. The molecule has 0 fully saturated rings. The van der Waals surface area contributed by atoms with Gasteiger partial charge in [0.1, 0.15) is 11.7 Å². The van der Waals surface area contributed by atoms with Gasteiger partial charge in [-0.25, -0.2) is 14.2 Å². The standard InChI is InChI=1S/C30H37N5O7/c1-19(2)16-20-10-8-11-21-17-22(35(26(20)21)30(40)41)18-34-15-9-13-24(28(34)38)31-27(37)23(32-29(39)42-5)12-6-7-14-25(36)33(3)4/h7-11,13-15,17,19,23H,6,12,16,18H2,1-5H3,(H,31,37)(H,32,39)(H,40,41)/b14-7+/t23-/m0/s1. The number of likely N-dealkylation sites (N-methyl/N-ethyl adjacent to an activating group) is 1. The van der Waals surface area contributed by atoms with Crippen molar-refractivity contribution < 1.29 is 29.0 Å². The molecule has 42 heavy (non-hydrogen) atoms. The summed E-state index contributed by atoms with van der Waals surface area (Å²) in [5.74, 6) is -0.562. The monoisotopic (exact) mass is 579 g/mol. The van der Waals surface area contributed by atoms with Gasteiger partial charge in [0.2, 0.25) is 11.8 Å². The van der Waals surface area contributed by atoms with Crippen molar-refractivity contribution in [2.24, 2.45) is 5.92 Å². The molecule has 3 N–H and O–H groups in total. The van der Waals surface area contributed by atoms with Crippen LogP contribution in [-0.4, -0.2) is 70.4 Å². The van der Waals surface area contributed by atoms with Gasteiger partial charge in [-0.2, -0.15) is 0 Å². The van der Waals surface area contributed by atoms with Crippen LogP contribution in [0.4, 0.5) is 15.3 Å². The molecule has 0 saturated heterocycles. The Bertz CT molecular complexity index is 1550. The number of benzene rings is 1. The lowest BCUT2D eigenvalue weighted by molar-refractivity contribution is -0.123. The van der Waals surface area contributed by atoms with Gasteiger partial charge in [-0.05, 0) is 55.0 Å². The zero-order valence-corrected chi connectivity index (χ0v) is 24.4. The third-order valence-electron chi connectivity index (χ3n) is 6.53. The minimum Gasteiger partial charge on any atom is -0.464 e. The van der Waals surface area contributed by atoms with Crippen LogP contribution in [0.25, 0.3) is 10.9 Å². The number of anilines is 1. The first kappa shape index (κ1) is 31.7. The van der Waals surface area contributed by atoms with E-state index in [-0.39, 0.29) is 24.6 Å². The molecule has 3 rings (SSSR count). The first-order chi connectivity index (χ1) is 19.9. The zero-order chi connectivity index (χ0) is 31.0. The van der Waals surface area contributed by atoms with Crippen LogP contribution in [0.5, 0.6) is 0 Å². The van der Waals surface area contributed by atoms with E-state index in [4.69, 9.17) is 0 Å². The van der Waals surface area contributed by atoms with Gasteiger partial charge in [-0.1, -0.05) is 38.1 Å². The van der Waals surface area contributed by atoms with Gasteiger partial charge >= 0.3 is 12.2 Å². The van der Waals surface area contributed by atoms with E-state index in [9.17, 15) is 29.1 Å². The normalized spacial score (nSPS) is 12.0. The Balaban J connectivity index is 1.87. The summed E-state index contributed by atoms with van der Waals surface area (Å²) in [4.78, 5) is 63.8. The number of carbonyl (C=O) groups is 4. The fraction of sp³-hybridized carbons (Fsp3) is 0.367. The smallest absolute Gasteiger partial charge is 0.416 e. The lowest BCUT2D eigenvalue weighted by Gasteiger charge is -2.17. The number of alkyl carbamates (subject to hydrolysis) is 1. The van der Waals surface area contributed by atoms with E-state index in [0.717, 1.165) is 18.1 Å². The fourth-order valence-electron chi connectivity index (χ4n) is 4.54. The van der Waals surface area contributed by atoms with Gasteiger partial charge in [-0.3, -0.25) is 14.4 Å². The predicted molar refractivity (Wildman–Crippen MR) is 159 cm³/mol. The number of rotatable bonds is 11. The minimum atomic E-state index is -1.16. The van der Waals surface area contributed by atoms with Crippen LogP contribution in [0.1, 0.15) is 37.9 Å². The van der Waals surface area contributed by atoms with Gasteiger partial charge in [0.25, 0.3) is 5.56 Å². The van der Waals surface area contributed by atoms with E-state index in [1.165, 1.54) is 32.4 Å². The highest BCUT2D eigenvalue weighted by atomic mass is 16.5. The second-order valence-electron chi connectivity index (χ2n) is 10.5. The number of hydrogen-bond acceptors (Lipinski definition) is 6. The highest BCUT2D eigenvalue weighted by Crippen LogP contribution is 2.26. The summed E-state index contributed by atoms with van der Waals surface area (Å²) in [6.45, 7) is 4.06. The third kappa shape index (κ3) is 7.87. The molecule has 0 aliphatic rings. The Kier molecular flexibility index (Phi) is 10.7. The van der Waals surface area contributed by atoms with Crippen molar-refractivity contribution in [3.05, 3.63) is 76.4 Å². The second kappa shape index (κ2) is 14.2. The third-order valence-corrected chi connectivity index (χ3v) is 6.53. The average molecular weight is 580 g/mol. The van der Waals surface area contributed by atoms with Gasteiger partial charge in [0, 0.05) is 25.7 Å². The van der Waals surface area contributed by atoms with Gasteiger partial charge < -0.3 is 29.9 Å². The SMILES string of the molecule is COC(=O)N[C@@H](CC/C=C/C(=O)N(C)C)C(=O)Nc1cccn(Cc2cc3cccc(CC(C)C)c3n2C(=O)O)c1=O. The molecule has 12 heteroatoms. The number of aromatic nitrogens is 2. The molecule has 12 nitrogen and oxygen atoms in total. The Labute approximate surface area is 243 Å². The van der Waals surface area contributed by atoms with E-state index in [2.05, 4.69) is 29.2 Å². The summed E-state index contributed by atoms with van der Waals surface area (Å²) >= 11 is 0. The maximum Gasteiger partial charge on any atom is 0.416 e. The quantitative estimate of drug-likeness (QED) is 0.293. The van der Waals surface area contributed by atoms with Crippen LogP contribution < -0.4 is 16.2 Å². The summed E-state index contributed by atoms with van der Waals surface area (Å²) in [6.07, 6.45) is 3.59. The van der Waals surface area contributed by atoms with Crippen molar-refractivity contribution >= 4 is 40.6 Å². The average Bonchev–Trinajstić information content (AvgIpc) is 3.31. The predicted octanol–water partition coefficient (Wildman–Crippen LogP) is 3.66. The van der Waals surface area contributed by atoms with E-state index < -0.39 is 29.7 Å². The molecule has 1 aromatic carbocycles. The van der Waals surface area contributed by atoms with Crippen molar-refractivity contribution in [1.82, 2.24) is 19.4 Å². The molecule has 2 aromatic heterocycles. The highest BCUT2D eigenvalue weighted by Gasteiger charge is 2.23. The van der Waals surface area contributed by atoms with E-state index in [1.807, 2.05) is 18.2 Å². The van der Waals surface area contributed by atoms with Crippen molar-refractivity contribution in [1.29, 1.82) is 0 Å². The number of carboxylic acid groups (broad SMARTS) is 1. The second-order valence-corrected chi connectivity index (χ2v) is 10.5. The van der Waals surface area contributed by atoms with Crippen molar-refractivity contribution in [2.45, 2.75) is 45.7 Å². The van der Waals surface area contributed by atoms with E-state index in [1.54, 1.807) is 32.3 Å². The maximum absolute atomic E-state index is 13.3. The highest BCUT2D eigenvalue weighted by molar-refractivity contribution is 5.96. The first-order valence-electron chi connectivity index (χ1n) is 13.5. The van der Waals surface area contributed by atoms with Crippen LogP contribution >= 0.6 is 0 Å². The summed E-state index contributed by atoms with van der Waals surface area (Å²) < 4.78 is 7.14. The van der Waals surface area contributed by atoms with Crippen LogP contribution in [-0.2, 0) is 27.3 Å². The number of pyridine rings is 1. The number of carbonyl (C=O) groups excluding carboxylic acids is 3. The Morgan fingerprint density at radius 2 is 1.86 bits per heavy atom. The number of nitrogens with one attached hydrogen (secondary N) is 2. The van der Waals surface area contributed by atoms with Crippen LogP contribution in [0.3, 0.4) is 0 Å². The molecule has 224 valence electrons. The van der Waals surface area contributed by atoms with Crippen molar-refractivity contribution in [2.75, 3.05) is 26.5 Å². The molecule has 0 bridgehead atoms. The molecule has 0 unspecified atom stereocenters. The lowest BCUT2D eigenvalue weighted by atomic mass is 10.0. The molecule has 0 saturated carbocycles. The summed E-state index contributed by atoms with van der Waals surface area (Å²) in [5, 5.41) is 15.8. The molecule has 0 aliphatic heterocycles. The topological polar surface area (TPSA) is 152 Å². The first-order valence-corrected chi connectivity index (χ1v) is 13.5. The summed E-state index contributed by atoms with van der Waals surface area (Å²) in [5.41, 5.74) is 1.28. The number of amides is 3. The molecule has 3 aromatic rings. The number of nitrogens with zero attached hydrogens (tertiary/aromatic N) is 3. The Morgan fingerprint density at radius 3 is 2.50 bits per heavy atom. The molecule has 2 heterocycles. The van der Waals surface area contributed by atoms with E-state index >= 15 is 0 Å². The molecule has 0 spiro atoms. The molecule has 0 aliphatic carbocycles. The Hall–Kier alpha value is -4.87. The van der Waals surface area contributed by atoms with Crippen molar-refractivity contribution in [3.63, 3.8) is 0 Å². The molecular formula is C30H37N5O7. The van der Waals surface area contributed by atoms with Crippen LogP contribution in [0.2, 0.25) is 0 Å². The van der Waals surface area contributed by atoms with Gasteiger partial charge in [-0.15, -0.1) is 0 Å². The number of para-hydroxylation sites is 1. The number of hydrogen-bond donors (Lipinski definition) is 3. The molecule has 0 radical (unpaired) electrons. The van der Waals surface area contributed by atoms with E-state index in [0.29, 0.717) is 30.0 Å². The molecule has 3 amide bonds. The molecule has 1 atom stereocenters. The van der Waals surface area contributed by atoms with Gasteiger partial charge in [0.15, 0.2) is 0 Å². The fourth-order valence-corrected chi connectivity index (χ4v) is 4.54. The minimum absolute atomic E-state index is 0.0454. The number of ether oxygens (including phenoxy) is 1. The van der Waals surface area contributed by atoms with Crippen molar-refractivity contribution in [3.8, 4) is 0 Å². The lowest BCUT2D eigenvalue weighted by Crippen LogP contribution is -2.44. The zero-order valence-electron chi connectivity index (χ0n) is 24.4. The van der Waals surface area contributed by atoms with Crippen LogP contribution in [0.15, 0.2) is 59.5 Å². The maximum atomic E-state index is 13.3.